The molecule has 2 aliphatic heterocycles. The topological polar surface area (TPSA) is 285 Å². The Hall–Kier alpha value is -8.17. The van der Waals surface area contributed by atoms with Crippen LogP contribution in [0.2, 0.25) is 0 Å². The van der Waals surface area contributed by atoms with Crippen LogP contribution in [0.15, 0.2) is 212 Å². The standard InChI is InChI=1S/C119H170Cl3N2O22P/c1-5-9-13-17-21-25-26-30-34-38-63-81-106(126)140-99(75-57-36-32-28-23-19-15-11-7-3)83-85-133-113-108(124-117(129)139-92-119(120,121)122)116(142-104(91-138-118(130)137-89-95-68-50-41-51-69-95)111(113)146-147(131,144-100-76-59-44-60-77-100)145-101-78-61-45-62-79-101)136-90-103-109(127)112(132-84-82-98(134-87-93-64-46-39-47-65-93)74-56-35-31-27-22-18-14-10-6-2)107(114(141-103)115(128)143-110(96-70-52-42-53-71-96)97-72-54-43-55-73-97)123-105(125)86-102(135-88-94-66-48-40-49-67-94)80-58-37-33-29-24-20-16-12-8-4/h39-55,59-62,64-73,76-79,98-99,102-104,107-114,116,127H,5-38,56-58,63,74-75,80-92H2,1-4H3,(H,123,125)(H,124,129)/t98-,99-,102-,103-,104-,107-,108-,109-,111-,112-,113-,114+,116+/m1/s1. The van der Waals surface area contributed by atoms with Gasteiger partial charge in [0.2, 0.25) is 9.70 Å². The zero-order valence-corrected chi connectivity index (χ0v) is 91.0. The number of aliphatic hydroxyl groups is 1. The molecule has 2 saturated heterocycles. The van der Waals surface area contributed by atoms with Gasteiger partial charge in [-0.15, -0.1) is 0 Å². The molecule has 2 fully saturated rings. The Labute approximate surface area is 892 Å². The zero-order chi connectivity index (χ0) is 104. The summed E-state index contributed by atoms with van der Waals surface area (Å²) >= 11 is 19.1. The van der Waals surface area contributed by atoms with E-state index in [0.717, 1.165) is 133 Å². The Morgan fingerprint density at radius 3 is 1.24 bits per heavy atom. The quantitative estimate of drug-likeness (QED) is 0.0105. The molecule has 24 nitrogen and oxygen atoms in total. The number of rotatable bonds is 79. The first-order chi connectivity index (χ1) is 71.8. The summed E-state index contributed by atoms with van der Waals surface area (Å²) in [5.74, 6) is -1.80. The van der Waals surface area contributed by atoms with Gasteiger partial charge in [0.1, 0.15) is 80.1 Å². The van der Waals surface area contributed by atoms with Gasteiger partial charge in [0.25, 0.3) is 0 Å². The number of nitrogens with one attached hydrogen (secondary N) is 2. The van der Waals surface area contributed by atoms with Crippen molar-refractivity contribution in [1.29, 1.82) is 0 Å². The van der Waals surface area contributed by atoms with Gasteiger partial charge in [-0.25, -0.2) is 18.9 Å². The highest BCUT2D eigenvalue weighted by atomic mass is 35.6. The van der Waals surface area contributed by atoms with Gasteiger partial charge in [0.15, 0.2) is 18.5 Å². The fourth-order valence-corrected chi connectivity index (χ4v) is 20.3. The van der Waals surface area contributed by atoms with Crippen LogP contribution in [0.25, 0.3) is 0 Å². The second kappa shape index (κ2) is 73.9. The minimum Gasteiger partial charge on any atom is -0.462 e. The maximum Gasteiger partial charge on any atom is 0.588 e. The minimum absolute atomic E-state index is 0.0309. The molecule has 28 heteroatoms. The maximum atomic E-state index is 16.4. The summed E-state index contributed by atoms with van der Waals surface area (Å²) in [6, 6.07) is 60.0. The lowest BCUT2D eigenvalue weighted by Gasteiger charge is -2.47. The summed E-state index contributed by atoms with van der Waals surface area (Å²) in [5, 5.41) is 19.9. The Morgan fingerprint density at radius 1 is 0.388 bits per heavy atom. The van der Waals surface area contributed by atoms with Gasteiger partial charge in [-0.3, -0.25) is 14.1 Å². The van der Waals surface area contributed by atoms with E-state index in [0.29, 0.717) is 61.8 Å². The van der Waals surface area contributed by atoms with Crippen LogP contribution in [0.1, 0.15) is 351 Å². The number of halogens is 3. The number of esters is 2. The molecular weight excluding hydrogens is 1950 g/mol. The van der Waals surface area contributed by atoms with Gasteiger partial charge in [-0.05, 0) is 90.6 Å². The van der Waals surface area contributed by atoms with E-state index in [1.807, 2.05) is 127 Å². The predicted molar refractivity (Wildman–Crippen MR) is 580 cm³/mol. The van der Waals surface area contributed by atoms with E-state index in [1.54, 1.807) is 84.9 Å². The van der Waals surface area contributed by atoms with Crippen LogP contribution in [-0.4, -0.2) is 151 Å². The number of alkyl carbamates (subject to hydrolysis) is 1. The molecule has 3 N–H and O–H groups in total. The second-order valence-electron chi connectivity index (χ2n) is 39.3. The van der Waals surface area contributed by atoms with E-state index >= 15 is 18.9 Å². The lowest BCUT2D eigenvalue weighted by Crippen LogP contribution is -2.68. The molecule has 0 radical (unpaired) electrons. The number of hydrogen-bond donors (Lipinski definition) is 3. The summed E-state index contributed by atoms with van der Waals surface area (Å²) in [6.07, 6.45) is 24.1. The average molecular weight is 2120 g/mol. The van der Waals surface area contributed by atoms with Crippen molar-refractivity contribution in [3.05, 3.63) is 240 Å². The lowest BCUT2D eigenvalue weighted by atomic mass is 9.91. The number of benzene rings is 7. The molecule has 7 aromatic rings. The fourth-order valence-electron chi connectivity index (χ4n) is 18.7. The molecule has 0 saturated carbocycles. The number of para-hydroxylation sites is 2. The summed E-state index contributed by atoms with van der Waals surface area (Å²) in [4.78, 5) is 75.9. The van der Waals surface area contributed by atoms with E-state index in [9.17, 15) is 14.7 Å². The molecule has 0 bridgehead atoms. The first kappa shape index (κ1) is 122. The maximum absolute atomic E-state index is 16.4. The van der Waals surface area contributed by atoms with Gasteiger partial charge in [-0.1, -0.05) is 482 Å². The number of phosphoric acid groups is 1. The van der Waals surface area contributed by atoms with Crippen LogP contribution in [0.5, 0.6) is 11.5 Å². The molecule has 2 aliphatic rings. The molecule has 0 aliphatic carbocycles. The number of carbonyl (C=O) groups is 5. The Morgan fingerprint density at radius 2 is 0.782 bits per heavy atom. The summed E-state index contributed by atoms with van der Waals surface area (Å²) in [6.45, 7) is 6.42. The predicted octanol–water partition coefficient (Wildman–Crippen LogP) is 29.6. The number of unbranched alkanes of at least 4 members (excludes halogenated alkanes) is 34. The number of amides is 2. The van der Waals surface area contributed by atoms with Crippen molar-refractivity contribution in [3.8, 4) is 11.5 Å². The fraction of sp³-hybridized carbons (Fsp3) is 0.605. The highest BCUT2D eigenvalue weighted by Crippen LogP contribution is 2.53. The average Bonchev–Trinajstić information content (AvgIpc) is 0.769. The summed E-state index contributed by atoms with van der Waals surface area (Å²) < 4.78 is 114. The number of alkyl halides is 3. The Kier molecular flexibility index (Phi) is 61.5. The first-order valence-electron chi connectivity index (χ1n) is 55.3. The Bertz CT molecular complexity index is 4540. The lowest BCUT2D eigenvalue weighted by molar-refractivity contribution is -0.289. The smallest absolute Gasteiger partial charge is 0.462 e. The van der Waals surface area contributed by atoms with Gasteiger partial charge >= 0.3 is 32.0 Å². The monoisotopic (exact) mass is 2120 g/mol. The molecule has 7 aromatic carbocycles. The zero-order valence-electron chi connectivity index (χ0n) is 87.9. The van der Waals surface area contributed by atoms with E-state index < -0.39 is 135 Å². The van der Waals surface area contributed by atoms with Crippen molar-refractivity contribution >= 4 is 72.7 Å². The van der Waals surface area contributed by atoms with Crippen LogP contribution in [0.4, 0.5) is 9.59 Å². The number of phosphoric ester groups is 1. The van der Waals surface area contributed by atoms with E-state index in [2.05, 4.69) is 38.3 Å². The highest BCUT2D eigenvalue weighted by Gasteiger charge is 2.56. The van der Waals surface area contributed by atoms with Gasteiger partial charge < -0.3 is 81.6 Å². The summed E-state index contributed by atoms with van der Waals surface area (Å²) in [5.41, 5.74) is 3.72. The normalized spacial score (nSPS) is 18.5. The number of aliphatic hydroxyl groups excluding tert-OH is 1. The van der Waals surface area contributed by atoms with Gasteiger partial charge in [-0.2, -0.15) is 0 Å². The van der Waals surface area contributed by atoms with E-state index in [4.69, 9.17) is 105 Å². The van der Waals surface area contributed by atoms with Crippen molar-refractivity contribution in [2.45, 2.75) is 426 Å². The van der Waals surface area contributed by atoms with Crippen molar-refractivity contribution in [2.75, 3.05) is 33.0 Å². The SMILES string of the molecule is CCCCCCCCCCCCCC(=O)O[C@H](CCCCCCCCCCC)CCO[C@@H]1[C@@H](NC(=O)OCC(Cl)(Cl)Cl)[C@@H](OC[C@H]2O[C@H](C(=O)OC(c3ccccc3)c3ccccc3)[C@H](NC(=O)C[C@@H](CCCCCCCCCCC)OCc3ccccc3)[C@@H](OCC[C@@H](CCCCCCCCCCC)OCc3ccccc3)[C@@H]2O)O[C@H](COC(=O)OCc2ccccc2)[C@H]1OP(=O)(Oc1ccccc1)Oc1ccccc1. The molecule has 2 amide bonds. The van der Waals surface area contributed by atoms with Crippen molar-refractivity contribution in [2.24, 2.45) is 0 Å². The third-order valence-electron chi connectivity index (χ3n) is 26.9. The van der Waals surface area contributed by atoms with Crippen LogP contribution in [0, 0.1) is 0 Å². The number of ether oxygens (including phenoxy) is 12. The van der Waals surface area contributed by atoms with Crippen molar-refractivity contribution in [1.82, 2.24) is 10.6 Å². The largest absolute Gasteiger partial charge is 0.588 e. The van der Waals surface area contributed by atoms with Gasteiger partial charge in [0.05, 0.1) is 51.1 Å². The molecular formula is C119H170Cl3N2O22P. The third-order valence-corrected chi connectivity index (χ3v) is 28.6. The molecule has 814 valence electrons. The summed E-state index contributed by atoms with van der Waals surface area (Å²) in [7, 11) is -5.17. The molecule has 0 aromatic heterocycles. The van der Waals surface area contributed by atoms with Crippen LogP contribution in [0.3, 0.4) is 0 Å². The number of carbonyl (C=O) groups excluding carboxylic acids is 5. The van der Waals surface area contributed by atoms with Crippen molar-refractivity contribution < 1.29 is 104 Å². The van der Waals surface area contributed by atoms with Crippen LogP contribution < -0.4 is 19.7 Å². The highest BCUT2D eigenvalue weighted by molar-refractivity contribution is 7.49. The van der Waals surface area contributed by atoms with Gasteiger partial charge in [0, 0.05) is 19.4 Å². The molecule has 0 spiro atoms. The molecule has 0 unspecified atom stereocenters. The molecule has 147 heavy (non-hydrogen) atoms. The second-order valence-corrected chi connectivity index (χ2v) is 43.2. The first-order valence-corrected chi connectivity index (χ1v) is 57.9. The van der Waals surface area contributed by atoms with Crippen molar-refractivity contribution in [3.63, 3.8) is 0 Å². The Balaban J connectivity index is 1.15. The number of hydrogen-bond acceptors (Lipinski definition) is 22. The van der Waals surface area contributed by atoms with Crippen LogP contribution in [-0.2, 0) is 100 Å². The van der Waals surface area contributed by atoms with E-state index in [-0.39, 0.29) is 69.3 Å². The molecule has 2 heterocycles. The molecule has 13 atom stereocenters. The van der Waals surface area contributed by atoms with E-state index in [1.165, 1.54) is 109 Å². The third kappa shape index (κ3) is 50.8. The minimum atomic E-state index is -5.17. The van der Waals surface area contributed by atoms with Crippen LogP contribution >= 0.6 is 42.6 Å². The molecule has 9 rings (SSSR count).